The third-order valence-electron chi connectivity index (χ3n) is 3.22. The monoisotopic (exact) mass is 321 g/mol. The second kappa shape index (κ2) is 12.9. The van der Waals surface area contributed by atoms with Gasteiger partial charge in [0.05, 0.1) is 26.4 Å². The van der Waals surface area contributed by atoms with Gasteiger partial charge in [0.25, 0.3) is 0 Å². The number of guanidine groups is 1. The molecule has 0 radical (unpaired) electrons. The molecule has 0 spiro atoms. The molecule has 0 unspecified atom stereocenters. The molecule has 0 heterocycles. The van der Waals surface area contributed by atoms with Crippen LogP contribution in [0.5, 0.6) is 0 Å². The molecule has 1 N–H and O–H groups in total. The normalized spacial score (nSPS) is 11.5. The van der Waals surface area contributed by atoms with E-state index < -0.39 is 0 Å². The highest BCUT2D eigenvalue weighted by Gasteiger charge is 2.01. The summed E-state index contributed by atoms with van der Waals surface area (Å²) < 4.78 is 11.0. The van der Waals surface area contributed by atoms with Gasteiger partial charge in [-0.1, -0.05) is 43.7 Å². The van der Waals surface area contributed by atoms with E-state index in [2.05, 4.69) is 29.4 Å². The Labute approximate surface area is 140 Å². The fraction of sp³-hybridized carbons (Fsp3) is 0.611. The van der Waals surface area contributed by atoms with E-state index in [0.717, 1.165) is 25.5 Å². The molecule has 0 saturated carbocycles. The van der Waals surface area contributed by atoms with Crippen molar-refractivity contribution in [1.29, 1.82) is 0 Å². The largest absolute Gasteiger partial charge is 0.379 e. The van der Waals surface area contributed by atoms with Gasteiger partial charge in [-0.15, -0.1) is 0 Å². The molecule has 0 aromatic heterocycles. The second-order valence-corrected chi connectivity index (χ2v) is 5.52. The van der Waals surface area contributed by atoms with Crippen LogP contribution in [-0.2, 0) is 16.0 Å². The van der Waals surface area contributed by atoms with Crippen LogP contribution in [0.25, 0.3) is 0 Å². The van der Waals surface area contributed by atoms with Crippen molar-refractivity contribution < 1.29 is 9.47 Å². The zero-order chi connectivity index (χ0) is 16.8. The SMILES string of the molecule is CCCCOCCOCCNC(=NCc1ccccc1)N(C)C. The van der Waals surface area contributed by atoms with Crippen molar-refractivity contribution >= 4 is 5.96 Å². The third kappa shape index (κ3) is 9.92. The maximum atomic E-state index is 5.55. The average Bonchev–Trinajstić information content (AvgIpc) is 2.56. The molecule has 0 bridgehead atoms. The Morgan fingerprint density at radius 3 is 2.39 bits per heavy atom. The summed E-state index contributed by atoms with van der Waals surface area (Å²) in [7, 11) is 3.97. The molecule has 0 aliphatic rings. The van der Waals surface area contributed by atoms with E-state index in [1.54, 1.807) is 0 Å². The van der Waals surface area contributed by atoms with Gasteiger partial charge in [-0.3, -0.25) is 0 Å². The minimum absolute atomic E-state index is 0.643. The van der Waals surface area contributed by atoms with E-state index in [0.29, 0.717) is 26.4 Å². The lowest BCUT2D eigenvalue weighted by Gasteiger charge is -2.17. The van der Waals surface area contributed by atoms with Gasteiger partial charge < -0.3 is 19.7 Å². The van der Waals surface area contributed by atoms with Crippen LogP contribution >= 0.6 is 0 Å². The fourth-order valence-electron chi connectivity index (χ4n) is 1.91. The van der Waals surface area contributed by atoms with Crippen LogP contribution in [0.3, 0.4) is 0 Å². The summed E-state index contributed by atoms with van der Waals surface area (Å²) in [6.07, 6.45) is 2.28. The molecule has 0 saturated heterocycles. The van der Waals surface area contributed by atoms with Crippen molar-refractivity contribution in [3.05, 3.63) is 35.9 Å². The third-order valence-corrected chi connectivity index (χ3v) is 3.22. The molecule has 130 valence electrons. The standard InChI is InChI=1S/C18H31N3O2/c1-4-5-12-22-14-15-23-13-11-19-18(21(2)3)20-16-17-9-7-6-8-10-17/h6-10H,4-5,11-16H2,1-3H3,(H,19,20). The maximum Gasteiger partial charge on any atom is 0.193 e. The molecule has 1 aromatic carbocycles. The van der Waals surface area contributed by atoms with Gasteiger partial charge in [-0.2, -0.15) is 0 Å². The van der Waals surface area contributed by atoms with E-state index in [1.807, 2.05) is 37.2 Å². The van der Waals surface area contributed by atoms with Gasteiger partial charge in [0.2, 0.25) is 0 Å². The first-order valence-corrected chi connectivity index (χ1v) is 8.39. The molecular weight excluding hydrogens is 290 g/mol. The molecular formula is C18H31N3O2. The number of benzene rings is 1. The zero-order valence-corrected chi connectivity index (χ0v) is 14.8. The van der Waals surface area contributed by atoms with Crippen LogP contribution in [0.1, 0.15) is 25.3 Å². The molecule has 0 aliphatic carbocycles. The van der Waals surface area contributed by atoms with Gasteiger partial charge in [0.1, 0.15) is 0 Å². The lowest BCUT2D eigenvalue weighted by Crippen LogP contribution is -2.38. The average molecular weight is 321 g/mol. The number of rotatable bonds is 11. The molecule has 0 amide bonds. The van der Waals surface area contributed by atoms with Crippen LogP contribution in [0, 0.1) is 0 Å². The molecule has 5 heteroatoms. The number of nitrogens with zero attached hydrogens (tertiary/aromatic N) is 2. The van der Waals surface area contributed by atoms with Gasteiger partial charge in [0, 0.05) is 27.2 Å². The molecule has 0 atom stereocenters. The molecule has 5 nitrogen and oxygen atoms in total. The summed E-state index contributed by atoms with van der Waals surface area (Å²) in [5, 5.41) is 3.31. The van der Waals surface area contributed by atoms with Gasteiger partial charge in [-0.25, -0.2) is 4.99 Å². The topological polar surface area (TPSA) is 46.1 Å². The van der Waals surface area contributed by atoms with E-state index in [1.165, 1.54) is 12.0 Å². The molecule has 23 heavy (non-hydrogen) atoms. The summed E-state index contributed by atoms with van der Waals surface area (Å²) in [5.74, 6) is 0.872. The van der Waals surface area contributed by atoms with Crippen LogP contribution in [0.4, 0.5) is 0 Å². The van der Waals surface area contributed by atoms with E-state index >= 15 is 0 Å². The summed E-state index contributed by atoms with van der Waals surface area (Å²) in [6, 6.07) is 10.2. The van der Waals surface area contributed by atoms with Crippen molar-refractivity contribution in [2.75, 3.05) is 47.1 Å². The van der Waals surface area contributed by atoms with Crippen molar-refractivity contribution in [2.24, 2.45) is 4.99 Å². The fourth-order valence-corrected chi connectivity index (χ4v) is 1.91. The van der Waals surface area contributed by atoms with Crippen molar-refractivity contribution in [3.63, 3.8) is 0 Å². The van der Waals surface area contributed by atoms with Crippen LogP contribution in [0.2, 0.25) is 0 Å². The first kappa shape index (κ1) is 19.5. The molecule has 1 aromatic rings. The van der Waals surface area contributed by atoms with Gasteiger partial charge in [-0.05, 0) is 12.0 Å². The second-order valence-electron chi connectivity index (χ2n) is 5.52. The Morgan fingerprint density at radius 2 is 1.74 bits per heavy atom. The van der Waals surface area contributed by atoms with Crippen LogP contribution in [-0.4, -0.2) is 57.9 Å². The Hall–Kier alpha value is -1.59. The van der Waals surface area contributed by atoms with E-state index in [9.17, 15) is 0 Å². The Balaban J connectivity index is 2.16. The van der Waals surface area contributed by atoms with Crippen molar-refractivity contribution in [2.45, 2.75) is 26.3 Å². The molecule has 1 rings (SSSR count). The number of nitrogens with one attached hydrogen (secondary N) is 1. The van der Waals surface area contributed by atoms with E-state index in [4.69, 9.17) is 9.47 Å². The first-order chi connectivity index (χ1) is 11.2. The van der Waals surface area contributed by atoms with Crippen LogP contribution < -0.4 is 5.32 Å². The summed E-state index contributed by atoms with van der Waals surface area (Å²) >= 11 is 0. The first-order valence-electron chi connectivity index (χ1n) is 8.39. The highest BCUT2D eigenvalue weighted by molar-refractivity contribution is 5.79. The lowest BCUT2D eigenvalue weighted by atomic mass is 10.2. The van der Waals surface area contributed by atoms with Gasteiger partial charge in [0.15, 0.2) is 5.96 Å². The van der Waals surface area contributed by atoms with E-state index in [-0.39, 0.29) is 0 Å². The maximum absolute atomic E-state index is 5.55. The van der Waals surface area contributed by atoms with Crippen molar-refractivity contribution in [1.82, 2.24) is 10.2 Å². The Bertz CT molecular complexity index is 422. The number of hydrogen-bond donors (Lipinski definition) is 1. The highest BCUT2D eigenvalue weighted by atomic mass is 16.5. The molecule has 0 fully saturated rings. The zero-order valence-electron chi connectivity index (χ0n) is 14.8. The Morgan fingerprint density at radius 1 is 1.04 bits per heavy atom. The number of hydrogen-bond acceptors (Lipinski definition) is 3. The summed E-state index contributed by atoms with van der Waals surface area (Å²) in [5.41, 5.74) is 1.20. The number of aliphatic imine (C=N–C) groups is 1. The minimum atomic E-state index is 0.643. The van der Waals surface area contributed by atoms with Gasteiger partial charge >= 0.3 is 0 Å². The quantitative estimate of drug-likeness (QED) is 0.386. The minimum Gasteiger partial charge on any atom is -0.379 e. The highest BCUT2D eigenvalue weighted by Crippen LogP contribution is 2.00. The molecule has 0 aliphatic heterocycles. The predicted octanol–water partition coefficient (Wildman–Crippen LogP) is 2.53. The summed E-state index contributed by atoms with van der Waals surface area (Å²) in [6.45, 7) is 6.36. The predicted molar refractivity (Wildman–Crippen MR) is 95.8 cm³/mol. The smallest absolute Gasteiger partial charge is 0.193 e. The Kier molecular flexibility index (Phi) is 10.9. The number of ether oxygens (including phenoxy) is 2. The summed E-state index contributed by atoms with van der Waals surface area (Å²) in [4.78, 5) is 6.60. The van der Waals surface area contributed by atoms with Crippen LogP contribution in [0.15, 0.2) is 35.3 Å². The number of unbranched alkanes of at least 4 members (excludes halogenated alkanes) is 1. The van der Waals surface area contributed by atoms with Crippen molar-refractivity contribution in [3.8, 4) is 0 Å². The lowest BCUT2D eigenvalue weighted by molar-refractivity contribution is 0.0486.